The highest BCUT2D eigenvalue weighted by molar-refractivity contribution is 7.15. The summed E-state index contributed by atoms with van der Waals surface area (Å²) in [5.41, 5.74) is 1.02. The first-order valence-corrected chi connectivity index (χ1v) is 7.69. The molecular weight excluding hydrogens is 244 g/mol. The highest BCUT2D eigenvalue weighted by Gasteiger charge is 2.25. The molecule has 0 radical (unpaired) electrons. The first-order chi connectivity index (χ1) is 8.72. The molecule has 1 fully saturated rings. The zero-order chi connectivity index (χ0) is 12.5. The highest BCUT2D eigenvalue weighted by atomic mass is 32.1. The summed E-state index contributed by atoms with van der Waals surface area (Å²) in [4.78, 5) is 5.57. The van der Waals surface area contributed by atoms with Gasteiger partial charge in [0.1, 0.15) is 0 Å². The number of rotatable bonds is 3. The Kier molecular flexibility index (Phi) is 3.39. The van der Waals surface area contributed by atoms with E-state index in [-0.39, 0.29) is 6.10 Å². The first-order valence-electron chi connectivity index (χ1n) is 6.81. The van der Waals surface area contributed by atoms with Crippen molar-refractivity contribution in [1.29, 1.82) is 0 Å². The minimum absolute atomic E-state index is 0.225. The van der Waals surface area contributed by atoms with Crippen LogP contribution in [-0.2, 0) is 6.42 Å². The molecule has 3 rings (SSSR count). The van der Waals surface area contributed by atoms with E-state index in [0.717, 1.165) is 16.6 Å². The molecule has 2 aromatic rings. The lowest BCUT2D eigenvalue weighted by Gasteiger charge is -2.30. The van der Waals surface area contributed by atoms with Gasteiger partial charge in [-0.2, -0.15) is 0 Å². The molecule has 18 heavy (non-hydrogen) atoms. The number of aliphatic hydroxyl groups excluding tert-OH is 1. The van der Waals surface area contributed by atoms with Crippen LogP contribution in [0.15, 0.2) is 17.8 Å². The van der Waals surface area contributed by atoms with Crippen LogP contribution in [-0.4, -0.2) is 20.6 Å². The van der Waals surface area contributed by atoms with E-state index >= 15 is 0 Å². The molecule has 3 unspecified atom stereocenters. The van der Waals surface area contributed by atoms with Crippen LogP contribution in [0.3, 0.4) is 0 Å². The standard InChI is InChI=1S/C14H20N2OS/c1-10-3-2-4-11(7-10)13(17)8-12-9-16-5-6-18-14(16)15-12/h5-6,9-11,13,17H,2-4,7-8H2,1H3. The molecular formula is C14H20N2OS. The van der Waals surface area contributed by atoms with Gasteiger partial charge in [0.25, 0.3) is 0 Å². The molecule has 0 aromatic carbocycles. The maximum atomic E-state index is 10.4. The van der Waals surface area contributed by atoms with Crippen molar-refractivity contribution in [2.75, 3.05) is 0 Å². The Morgan fingerprint density at radius 2 is 2.44 bits per heavy atom. The summed E-state index contributed by atoms with van der Waals surface area (Å²) in [5.74, 6) is 1.23. The van der Waals surface area contributed by atoms with Crippen LogP contribution in [0.2, 0.25) is 0 Å². The summed E-state index contributed by atoms with van der Waals surface area (Å²) >= 11 is 1.64. The summed E-state index contributed by atoms with van der Waals surface area (Å²) in [6, 6.07) is 0. The van der Waals surface area contributed by atoms with Gasteiger partial charge in [-0.15, -0.1) is 11.3 Å². The number of thiazole rings is 1. The Labute approximate surface area is 111 Å². The van der Waals surface area contributed by atoms with Crippen molar-refractivity contribution in [3.05, 3.63) is 23.5 Å². The van der Waals surface area contributed by atoms with Gasteiger partial charge in [0.2, 0.25) is 0 Å². The second-order valence-electron chi connectivity index (χ2n) is 5.63. The molecule has 0 saturated heterocycles. The number of hydrogen-bond acceptors (Lipinski definition) is 3. The molecule has 2 aromatic heterocycles. The van der Waals surface area contributed by atoms with E-state index in [0.29, 0.717) is 12.3 Å². The van der Waals surface area contributed by atoms with Crippen LogP contribution in [0.1, 0.15) is 38.3 Å². The smallest absolute Gasteiger partial charge is 0.193 e. The van der Waals surface area contributed by atoms with Crippen molar-refractivity contribution in [1.82, 2.24) is 9.38 Å². The van der Waals surface area contributed by atoms with Gasteiger partial charge in [-0.25, -0.2) is 4.98 Å². The number of imidazole rings is 1. The van der Waals surface area contributed by atoms with Crippen molar-refractivity contribution < 1.29 is 5.11 Å². The fourth-order valence-electron chi connectivity index (χ4n) is 3.09. The minimum Gasteiger partial charge on any atom is -0.392 e. The Bertz CT molecular complexity index is 490. The highest BCUT2D eigenvalue weighted by Crippen LogP contribution is 2.31. The van der Waals surface area contributed by atoms with Gasteiger partial charge in [-0.1, -0.05) is 19.8 Å². The van der Waals surface area contributed by atoms with E-state index in [1.54, 1.807) is 11.3 Å². The lowest BCUT2D eigenvalue weighted by Crippen LogP contribution is -2.27. The lowest BCUT2D eigenvalue weighted by molar-refractivity contribution is 0.0713. The molecule has 0 amide bonds. The number of hydrogen-bond donors (Lipinski definition) is 1. The summed E-state index contributed by atoms with van der Waals surface area (Å²) in [6.45, 7) is 2.30. The molecule has 1 saturated carbocycles. The molecule has 0 aliphatic heterocycles. The topological polar surface area (TPSA) is 37.5 Å². The van der Waals surface area contributed by atoms with Gasteiger partial charge in [0.05, 0.1) is 11.8 Å². The van der Waals surface area contributed by atoms with Crippen LogP contribution in [0.4, 0.5) is 0 Å². The van der Waals surface area contributed by atoms with Crippen LogP contribution in [0, 0.1) is 11.8 Å². The average Bonchev–Trinajstić information content (AvgIpc) is 2.89. The van der Waals surface area contributed by atoms with Crippen molar-refractivity contribution in [3.63, 3.8) is 0 Å². The molecule has 2 heterocycles. The summed E-state index contributed by atoms with van der Waals surface area (Å²) in [5, 5.41) is 12.4. The third-order valence-corrected chi connectivity index (χ3v) is 4.85. The van der Waals surface area contributed by atoms with Gasteiger partial charge in [0.15, 0.2) is 4.96 Å². The maximum Gasteiger partial charge on any atom is 0.193 e. The number of aliphatic hydroxyl groups is 1. The summed E-state index contributed by atoms with van der Waals surface area (Å²) < 4.78 is 2.04. The Hall–Kier alpha value is -0.870. The Morgan fingerprint density at radius 1 is 1.56 bits per heavy atom. The number of fused-ring (bicyclic) bond motifs is 1. The fraction of sp³-hybridized carbons (Fsp3) is 0.643. The van der Waals surface area contributed by atoms with E-state index in [1.807, 2.05) is 22.2 Å². The lowest BCUT2D eigenvalue weighted by atomic mass is 9.78. The van der Waals surface area contributed by atoms with Crippen molar-refractivity contribution >= 4 is 16.3 Å². The summed E-state index contributed by atoms with van der Waals surface area (Å²) in [7, 11) is 0. The molecule has 3 nitrogen and oxygen atoms in total. The minimum atomic E-state index is -0.225. The van der Waals surface area contributed by atoms with Gasteiger partial charge < -0.3 is 5.11 Å². The van der Waals surface area contributed by atoms with E-state index < -0.39 is 0 Å². The molecule has 3 atom stereocenters. The second kappa shape index (κ2) is 5.02. The molecule has 1 N–H and O–H groups in total. The zero-order valence-electron chi connectivity index (χ0n) is 10.7. The van der Waals surface area contributed by atoms with Gasteiger partial charge in [-0.05, 0) is 24.7 Å². The van der Waals surface area contributed by atoms with E-state index in [9.17, 15) is 5.11 Å². The normalized spacial score (nSPS) is 26.6. The molecule has 4 heteroatoms. The Balaban J connectivity index is 1.66. The molecule has 98 valence electrons. The average molecular weight is 264 g/mol. The second-order valence-corrected chi connectivity index (χ2v) is 6.50. The molecule has 0 spiro atoms. The van der Waals surface area contributed by atoms with Crippen LogP contribution >= 0.6 is 11.3 Å². The quantitative estimate of drug-likeness (QED) is 0.925. The molecule has 1 aliphatic rings. The van der Waals surface area contributed by atoms with Gasteiger partial charge >= 0.3 is 0 Å². The predicted octanol–water partition coefficient (Wildman–Crippen LogP) is 3.13. The van der Waals surface area contributed by atoms with Gasteiger partial charge in [-0.3, -0.25) is 4.40 Å². The van der Waals surface area contributed by atoms with Crippen LogP contribution in [0.25, 0.3) is 4.96 Å². The zero-order valence-corrected chi connectivity index (χ0v) is 11.6. The predicted molar refractivity (Wildman–Crippen MR) is 73.9 cm³/mol. The van der Waals surface area contributed by atoms with E-state index in [2.05, 4.69) is 11.9 Å². The summed E-state index contributed by atoms with van der Waals surface area (Å²) in [6.07, 6.45) is 9.47. The number of nitrogens with zero attached hydrogens (tertiary/aromatic N) is 2. The van der Waals surface area contributed by atoms with E-state index in [1.165, 1.54) is 25.7 Å². The van der Waals surface area contributed by atoms with Gasteiger partial charge in [0, 0.05) is 24.2 Å². The fourth-order valence-corrected chi connectivity index (χ4v) is 3.80. The van der Waals surface area contributed by atoms with E-state index in [4.69, 9.17) is 0 Å². The largest absolute Gasteiger partial charge is 0.392 e. The molecule has 0 bridgehead atoms. The maximum absolute atomic E-state index is 10.4. The Morgan fingerprint density at radius 3 is 3.22 bits per heavy atom. The third kappa shape index (κ3) is 2.45. The van der Waals surface area contributed by atoms with Crippen molar-refractivity contribution in [2.45, 2.75) is 45.1 Å². The number of aromatic nitrogens is 2. The first kappa shape index (κ1) is 12.2. The monoisotopic (exact) mass is 264 g/mol. The van der Waals surface area contributed by atoms with Crippen LogP contribution < -0.4 is 0 Å². The third-order valence-electron chi connectivity index (χ3n) is 4.08. The van der Waals surface area contributed by atoms with Crippen molar-refractivity contribution in [3.8, 4) is 0 Å². The van der Waals surface area contributed by atoms with Crippen molar-refractivity contribution in [2.24, 2.45) is 11.8 Å². The van der Waals surface area contributed by atoms with Crippen LogP contribution in [0.5, 0.6) is 0 Å². The molecule has 1 aliphatic carbocycles. The SMILES string of the molecule is CC1CCCC(C(O)Cc2cn3ccsc3n2)C1.